The molecule has 6 aliphatic rings. The van der Waals surface area contributed by atoms with Crippen LogP contribution in [0.1, 0.15) is 63.0 Å². The van der Waals surface area contributed by atoms with Crippen LogP contribution in [0.4, 0.5) is 0 Å². The quantitative estimate of drug-likeness (QED) is 0.689. The van der Waals surface area contributed by atoms with Crippen LogP contribution in [0.5, 0.6) is 0 Å². The normalized spacial score (nSPS) is 38.9. The number of esters is 1. The van der Waals surface area contributed by atoms with Crippen LogP contribution in [0.15, 0.2) is 24.3 Å². The SMILES string of the molecule is CC[C@@]12CC3C(C(=O)OCC4CC4)CC1C(Cc1ccccc12)N3CC1CC1. The molecule has 0 N–H and O–H groups in total. The van der Waals surface area contributed by atoms with Gasteiger partial charge in [0.2, 0.25) is 0 Å². The summed E-state index contributed by atoms with van der Waals surface area (Å²) in [5, 5.41) is 0. The molecule has 7 rings (SSSR count). The lowest BCUT2D eigenvalue weighted by atomic mass is 9.48. The summed E-state index contributed by atoms with van der Waals surface area (Å²) in [7, 11) is 0. The monoisotopic (exact) mass is 379 g/mol. The fraction of sp³-hybridized carbons (Fsp3) is 0.720. The Morgan fingerprint density at radius 2 is 1.93 bits per heavy atom. The van der Waals surface area contributed by atoms with Crippen molar-refractivity contribution in [3.8, 4) is 0 Å². The zero-order chi connectivity index (χ0) is 18.9. The number of hydrogen-bond donors (Lipinski definition) is 0. The molecule has 2 saturated heterocycles. The number of carbonyl (C=O) groups is 1. The third kappa shape index (κ3) is 2.61. The van der Waals surface area contributed by atoms with E-state index in [1.807, 2.05) is 0 Å². The van der Waals surface area contributed by atoms with Crippen molar-refractivity contribution in [1.29, 1.82) is 0 Å². The summed E-state index contributed by atoms with van der Waals surface area (Å²) in [4.78, 5) is 15.9. The van der Waals surface area contributed by atoms with Crippen LogP contribution in [0.25, 0.3) is 0 Å². The number of ether oxygens (including phenoxy) is 1. The summed E-state index contributed by atoms with van der Waals surface area (Å²) in [6.07, 6.45) is 9.82. The minimum absolute atomic E-state index is 0.101. The van der Waals surface area contributed by atoms with Gasteiger partial charge in [0.05, 0.1) is 12.5 Å². The fourth-order valence-electron chi connectivity index (χ4n) is 6.96. The highest BCUT2D eigenvalue weighted by atomic mass is 16.5. The highest BCUT2D eigenvalue weighted by Gasteiger charge is 2.62. The van der Waals surface area contributed by atoms with Gasteiger partial charge in [-0.05, 0) is 80.2 Å². The first-order valence-electron chi connectivity index (χ1n) is 11.7. The second kappa shape index (κ2) is 6.32. The maximum atomic E-state index is 13.1. The Bertz CT molecular complexity index is 783. The first-order chi connectivity index (χ1) is 13.7. The fourth-order valence-corrected chi connectivity index (χ4v) is 6.96. The van der Waals surface area contributed by atoms with Crippen molar-refractivity contribution >= 4 is 5.97 Å². The standard InChI is InChI=1S/C25H33NO2/c1-2-25-13-23-19(24(27)28-15-17-9-10-17)12-21(25)22(26(23)14-16-7-8-16)11-18-5-3-4-6-20(18)25/h3-6,16-17,19,21-23H,2,7-15H2,1H3/t19?,21?,22?,23?,25-/m0/s1. The van der Waals surface area contributed by atoms with Gasteiger partial charge in [-0.15, -0.1) is 0 Å². The molecule has 28 heavy (non-hydrogen) atoms. The van der Waals surface area contributed by atoms with Crippen molar-refractivity contribution in [2.75, 3.05) is 13.2 Å². The number of benzene rings is 1. The molecule has 0 amide bonds. The highest BCUT2D eigenvalue weighted by molar-refractivity contribution is 5.74. The Morgan fingerprint density at radius 1 is 1.14 bits per heavy atom. The van der Waals surface area contributed by atoms with Crippen molar-refractivity contribution in [2.45, 2.75) is 75.8 Å². The third-order valence-corrected chi connectivity index (χ3v) is 8.81. The molecule has 1 aromatic carbocycles. The van der Waals surface area contributed by atoms with Gasteiger partial charge in [0.15, 0.2) is 0 Å². The zero-order valence-electron chi connectivity index (χ0n) is 17.1. The molecule has 2 aliphatic heterocycles. The van der Waals surface area contributed by atoms with Gasteiger partial charge in [0.25, 0.3) is 0 Å². The first-order valence-corrected chi connectivity index (χ1v) is 11.7. The molecule has 2 heterocycles. The topological polar surface area (TPSA) is 29.5 Å². The second-order valence-corrected chi connectivity index (χ2v) is 10.4. The van der Waals surface area contributed by atoms with E-state index in [1.165, 1.54) is 45.1 Å². The van der Waals surface area contributed by atoms with Crippen LogP contribution in [-0.2, 0) is 21.4 Å². The smallest absolute Gasteiger partial charge is 0.310 e. The minimum Gasteiger partial charge on any atom is -0.465 e. The minimum atomic E-state index is 0.101. The van der Waals surface area contributed by atoms with Gasteiger partial charge in [-0.25, -0.2) is 0 Å². The highest BCUT2D eigenvalue weighted by Crippen LogP contribution is 2.60. The molecular formula is C25H33NO2. The van der Waals surface area contributed by atoms with Crippen molar-refractivity contribution in [3.05, 3.63) is 35.4 Å². The predicted molar refractivity (Wildman–Crippen MR) is 109 cm³/mol. The van der Waals surface area contributed by atoms with Gasteiger partial charge in [0.1, 0.15) is 0 Å². The van der Waals surface area contributed by atoms with E-state index in [0.717, 1.165) is 18.8 Å². The molecular weight excluding hydrogens is 346 g/mol. The summed E-state index contributed by atoms with van der Waals surface area (Å²) >= 11 is 0. The van der Waals surface area contributed by atoms with Crippen LogP contribution in [0, 0.1) is 23.7 Å². The second-order valence-electron chi connectivity index (χ2n) is 10.4. The molecule has 5 fully saturated rings. The van der Waals surface area contributed by atoms with E-state index in [2.05, 4.69) is 36.1 Å². The average molecular weight is 380 g/mol. The summed E-state index contributed by atoms with van der Waals surface area (Å²) < 4.78 is 5.82. The van der Waals surface area contributed by atoms with Crippen LogP contribution in [-0.4, -0.2) is 36.1 Å². The van der Waals surface area contributed by atoms with Gasteiger partial charge in [-0.2, -0.15) is 0 Å². The van der Waals surface area contributed by atoms with Crippen molar-refractivity contribution in [1.82, 2.24) is 4.90 Å². The summed E-state index contributed by atoms with van der Waals surface area (Å²) in [6, 6.07) is 10.2. The van der Waals surface area contributed by atoms with Crippen LogP contribution in [0.2, 0.25) is 0 Å². The summed E-state index contributed by atoms with van der Waals surface area (Å²) in [6.45, 7) is 4.26. The molecule has 3 saturated carbocycles. The molecule has 4 bridgehead atoms. The maximum absolute atomic E-state index is 13.1. The van der Waals surface area contributed by atoms with Crippen molar-refractivity contribution in [3.63, 3.8) is 0 Å². The van der Waals surface area contributed by atoms with Gasteiger partial charge in [-0.3, -0.25) is 9.69 Å². The number of carbonyl (C=O) groups excluding carboxylic acids is 1. The summed E-state index contributed by atoms with van der Waals surface area (Å²) in [5.74, 6) is 2.34. The van der Waals surface area contributed by atoms with E-state index in [-0.39, 0.29) is 17.3 Å². The molecule has 0 spiro atoms. The molecule has 150 valence electrons. The third-order valence-electron chi connectivity index (χ3n) is 8.81. The van der Waals surface area contributed by atoms with E-state index in [1.54, 1.807) is 11.1 Å². The largest absolute Gasteiger partial charge is 0.465 e. The molecule has 3 nitrogen and oxygen atoms in total. The molecule has 5 atom stereocenters. The Balaban J connectivity index is 1.35. The molecule has 0 radical (unpaired) electrons. The van der Waals surface area contributed by atoms with E-state index in [9.17, 15) is 4.79 Å². The Morgan fingerprint density at radius 3 is 2.68 bits per heavy atom. The van der Waals surface area contributed by atoms with E-state index in [0.29, 0.717) is 30.5 Å². The maximum Gasteiger partial charge on any atom is 0.310 e. The lowest BCUT2D eigenvalue weighted by Gasteiger charge is -2.65. The van der Waals surface area contributed by atoms with Gasteiger partial charge >= 0.3 is 5.97 Å². The Labute approximate surface area is 168 Å². The summed E-state index contributed by atoms with van der Waals surface area (Å²) in [5.41, 5.74) is 3.44. The molecule has 1 aromatic rings. The van der Waals surface area contributed by atoms with E-state index >= 15 is 0 Å². The predicted octanol–water partition coefficient (Wildman–Crippen LogP) is 4.33. The number of nitrogens with zero attached hydrogens (tertiary/aromatic N) is 1. The Kier molecular flexibility index (Phi) is 3.95. The zero-order valence-corrected chi connectivity index (χ0v) is 17.1. The molecule has 4 aliphatic carbocycles. The van der Waals surface area contributed by atoms with Gasteiger partial charge in [0, 0.05) is 24.0 Å². The molecule has 3 heteroatoms. The van der Waals surface area contributed by atoms with E-state index < -0.39 is 0 Å². The number of fused-ring (bicyclic) bond motifs is 2. The van der Waals surface area contributed by atoms with E-state index in [4.69, 9.17) is 4.74 Å². The van der Waals surface area contributed by atoms with Crippen molar-refractivity contribution < 1.29 is 9.53 Å². The van der Waals surface area contributed by atoms with Crippen LogP contribution >= 0.6 is 0 Å². The van der Waals surface area contributed by atoms with Gasteiger partial charge < -0.3 is 4.74 Å². The van der Waals surface area contributed by atoms with Crippen LogP contribution in [0.3, 0.4) is 0 Å². The Hall–Kier alpha value is -1.35. The van der Waals surface area contributed by atoms with Crippen molar-refractivity contribution in [2.24, 2.45) is 23.7 Å². The number of rotatable bonds is 6. The number of piperidine rings is 2. The molecule has 4 unspecified atom stereocenters. The number of hydrogen-bond acceptors (Lipinski definition) is 3. The lowest BCUT2D eigenvalue weighted by Crippen LogP contribution is -2.70. The first kappa shape index (κ1) is 17.5. The lowest BCUT2D eigenvalue weighted by molar-refractivity contribution is -0.168. The average Bonchev–Trinajstić information content (AvgIpc) is 3.63. The van der Waals surface area contributed by atoms with Crippen LogP contribution < -0.4 is 0 Å². The molecule has 0 aromatic heterocycles. The van der Waals surface area contributed by atoms with Gasteiger partial charge in [-0.1, -0.05) is 31.2 Å².